The fraction of sp³-hybridized carbons (Fsp3) is 0.786. The molecule has 0 saturated heterocycles. The van der Waals surface area contributed by atoms with Crippen molar-refractivity contribution in [3.63, 3.8) is 0 Å². The molecule has 1 unspecified atom stereocenters. The van der Waals surface area contributed by atoms with Gasteiger partial charge in [0, 0.05) is 18.0 Å². The number of rotatable bonds is 5. The summed E-state index contributed by atoms with van der Waals surface area (Å²) in [4.78, 5) is 8.66. The second-order valence-electron chi connectivity index (χ2n) is 5.41. The van der Waals surface area contributed by atoms with Crippen LogP contribution in [0.15, 0.2) is 0 Å². The highest BCUT2D eigenvalue weighted by Gasteiger charge is 2.25. The van der Waals surface area contributed by atoms with Crippen molar-refractivity contribution in [2.45, 2.75) is 58.5 Å². The van der Waals surface area contributed by atoms with Crippen molar-refractivity contribution >= 4 is 16.5 Å². The van der Waals surface area contributed by atoms with E-state index in [-0.39, 0.29) is 0 Å². The smallest absolute Gasteiger partial charge is 0.185 e. The van der Waals surface area contributed by atoms with E-state index in [9.17, 15) is 0 Å². The molecule has 1 aliphatic rings. The lowest BCUT2D eigenvalue weighted by Gasteiger charge is -2.22. The average Bonchev–Trinajstić information content (AvgIpc) is 2.79. The highest BCUT2D eigenvalue weighted by Crippen LogP contribution is 2.36. The van der Waals surface area contributed by atoms with Crippen molar-refractivity contribution in [1.29, 1.82) is 0 Å². The molecule has 2 rings (SSSR count). The first-order valence-corrected chi connectivity index (χ1v) is 7.91. The van der Waals surface area contributed by atoms with Crippen molar-refractivity contribution < 1.29 is 0 Å². The van der Waals surface area contributed by atoms with E-state index >= 15 is 0 Å². The summed E-state index contributed by atoms with van der Waals surface area (Å²) >= 11 is 1.88. The third kappa shape index (κ3) is 2.86. The van der Waals surface area contributed by atoms with Crippen molar-refractivity contribution in [1.82, 2.24) is 10.3 Å². The van der Waals surface area contributed by atoms with Crippen molar-refractivity contribution in [2.24, 2.45) is 0 Å². The second kappa shape index (κ2) is 6.02. The van der Waals surface area contributed by atoms with Gasteiger partial charge in [0.2, 0.25) is 0 Å². The maximum atomic E-state index is 4.89. The van der Waals surface area contributed by atoms with Gasteiger partial charge in [-0.2, -0.15) is 0 Å². The third-order valence-electron chi connectivity index (χ3n) is 3.66. The quantitative estimate of drug-likeness (QED) is 0.886. The Balaban J connectivity index is 2.17. The number of anilines is 1. The Bertz CT molecular complexity index is 386. The fourth-order valence-corrected chi connectivity index (χ4v) is 3.55. The maximum absolute atomic E-state index is 4.89. The third-order valence-corrected chi connectivity index (χ3v) is 4.88. The molecule has 0 bridgehead atoms. The number of nitrogens with one attached hydrogen (secondary N) is 1. The summed E-state index contributed by atoms with van der Waals surface area (Å²) in [6, 6.07) is 0.999. The van der Waals surface area contributed by atoms with Crippen LogP contribution in [-0.4, -0.2) is 24.6 Å². The molecular formula is C14H25N3S. The SMILES string of the molecule is CCCNC1CCCc2sc(N(C)C(C)C)nc21. The van der Waals surface area contributed by atoms with Crippen LogP contribution >= 0.6 is 11.3 Å². The Morgan fingerprint density at radius 2 is 2.28 bits per heavy atom. The highest BCUT2D eigenvalue weighted by atomic mass is 32.1. The molecule has 0 radical (unpaired) electrons. The number of aromatic nitrogens is 1. The zero-order valence-electron chi connectivity index (χ0n) is 12.0. The van der Waals surface area contributed by atoms with Crippen LogP contribution in [0.4, 0.5) is 5.13 Å². The Kier molecular flexibility index (Phi) is 4.62. The monoisotopic (exact) mass is 267 g/mol. The molecule has 0 saturated carbocycles. The predicted molar refractivity (Wildman–Crippen MR) is 79.6 cm³/mol. The van der Waals surface area contributed by atoms with Gasteiger partial charge < -0.3 is 10.2 Å². The first-order chi connectivity index (χ1) is 8.63. The molecule has 1 atom stereocenters. The van der Waals surface area contributed by atoms with Gasteiger partial charge in [0.1, 0.15) is 0 Å². The Labute approximate surface area is 115 Å². The Morgan fingerprint density at radius 1 is 1.50 bits per heavy atom. The van der Waals surface area contributed by atoms with Crippen LogP contribution in [0.25, 0.3) is 0 Å². The molecular weight excluding hydrogens is 242 g/mol. The standard InChI is InChI=1S/C14H25N3S/c1-5-9-15-11-7-6-8-12-13(11)16-14(18-12)17(4)10(2)3/h10-11,15H,5-9H2,1-4H3. The molecule has 1 aromatic heterocycles. The normalized spacial score (nSPS) is 19.1. The molecule has 0 aromatic carbocycles. The summed E-state index contributed by atoms with van der Waals surface area (Å²) in [6.45, 7) is 7.74. The van der Waals surface area contributed by atoms with Crippen LogP contribution in [0.3, 0.4) is 0 Å². The zero-order valence-corrected chi connectivity index (χ0v) is 12.8. The number of nitrogens with zero attached hydrogens (tertiary/aromatic N) is 2. The molecule has 0 amide bonds. The van der Waals surface area contributed by atoms with Gasteiger partial charge in [-0.3, -0.25) is 0 Å². The summed E-state index contributed by atoms with van der Waals surface area (Å²) in [5.41, 5.74) is 1.32. The molecule has 102 valence electrons. The van der Waals surface area contributed by atoms with Crippen LogP contribution in [0.1, 0.15) is 56.6 Å². The first kappa shape index (κ1) is 13.8. The number of fused-ring (bicyclic) bond motifs is 1. The van der Waals surface area contributed by atoms with Crippen LogP contribution in [0, 0.1) is 0 Å². The van der Waals surface area contributed by atoms with Crippen molar-refractivity contribution in [2.75, 3.05) is 18.5 Å². The Hall–Kier alpha value is -0.610. The molecule has 0 aliphatic heterocycles. The Morgan fingerprint density at radius 3 is 2.94 bits per heavy atom. The van der Waals surface area contributed by atoms with Crippen LogP contribution in [-0.2, 0) is 6.42 Å². The van der Waals surface area contributed by atoms with E-state index < -0.39 is 0 Å². The lowest BCUT2D eigenvalue weighted by atomic mass is 9.97. The van der Waals surface area contributed by atoms with Gasteiger partial charge in [-0.1, -0.05) is 6.92 Å². The van der Waals surface area contributed by atoms with Crippen LogP contribution in [0.2, 0.25) is 0 Å². The number of hydrogen-bond donors (Lipinski definition) is 1. The molecule has 0 fully saturated rings. The lowest BCUT2D eigenvalue weighted by Crippen LogP contribution is -2.27. The van der Waals surface area contributed by atoms with E-state index in [1.807, 2.05) is 11.3 Å². The molecule has 18 heavy (non-hydrogen) atoms. The van der Waals surface area contributed by atoms with Gasteiger partial charge >= 0.3 is 0 Å². The second-order valence-corrected chi connectivity index (χ2v) is 6.47. The van der Waals surface area contributed by atoms with E-state index in [4.69, 9.17) is 4.98 Å². The van der Waals surface area contributed by atoms with Crippen molar-refractivity contribution in [3.8, 4) is 0 Å². The van der Waals surface area contributed by atoms with Gasteiger partial charge in [0.25, 0.3) is 0 Å². The van der Waals surface area contributed by atoms with E-state index in [1.54, 1.807) is 0 Å². The minimum Gasteiger partial charge on any atom is -0.349 e. The van der Waals surface area contributed by atoms with Crippen molar-refractivity contribution in [3.05, 3.63) is 10.6 Å². The molecule has 3 nitrogen and oxygen atoms in total. The largest absolute Gasteiger partial charge is 0.349 e. The number of aryl methyl sites for hydroxylation is 1. The molecule has 1 aromatic rings. The van der Waals surface area contributed by atoms with Crippen LogP contribution < -0.4 is 10.2 Å². The van der Waals surface area contributed by atoms with Gasteiger partial charge in [-0.05, 0) is 46.1 Å². The lowest BCUT2D eigenvalue weighted by molar-refractivity contribution is 0.454. The van der Waals surface area contributed by atoms with E-state index in [2.05, 4.69) is 38.0 Å². The van der Waals surface area contributed by atoms with E-state index in [0.717, 1.165) is 6.54 Å². The molecule has 4 heteroatoms. The van der Waals surface area contributed by atoms with E-state index in [0.29, 0.717) is 12.1 Å². The highest BCUT2D eigenvalue weighted by molar-refractivity contribution is 7.15. The topological polar surface area (TPSA) is 28.2 Å². The minimum absolute atomic E-state index is 0.485. The number of hydrogen-bond acceptors (Lipinski definition) is 4. The summed E-state index contributed by atoms with van der Waals surface area (Å²) in [7, 11) is 2.14. The van der Waals surface area contributed by atoms with Gasteiger partial charge in [0.05, 0.1) is 11.7 Å². The first-order valence-electron chi connectivity index (χ1n) is 7.09. The van der Waals surface area contributed by atoms with E-state index in [1.165, 1.54) is 41.4 Å². The van der Waals surface area contributed by atoms with Gasteiger partial charge in [0.15, 0.2) is 5.13 Å². The fourth-order valence-electron chi connectivity index (χ4n) is 2.29. The van der Waals surface area contributed by atoms with Crippen LogP contribution in [0.5, 0.6) is 0 Å². The van der Waals surface area contributed by atoms with Gasteiger partial charge in [-0.25, -0.2) is 4.98 Å². The summed E-state index contributed by atoms with van der Waals surface area (Å²) in [5, 5.41) is 4.82. The maximum Gasteiger partial charge on any atom is 0.185 e. The minimum atomic E-state index is 0.485. The molecule has 1 heterocycles. The predicted octanol–water partition coefficient (Wildman–Crippen LogP) is 3.36. The molecule has 1 N–H and O–H groups in total. The number of thiazole rings is 1. The summed E-state index contributed by atoms with van der Waals surface area (Å²) in [5.74, 6) is 0. The zero-order chi connectivity index (χ0) is 13.1. The molecule has 1 aliphatic carbocycles. The van der Waals surface area contributed by atoms with Gasteiger partial charge in [-0.15, -0.1) is 11.3 Å². The molecule has 0 spiro atoms. The summed E-state index contributed by atoms with van der Waals surface area (Å²) in [6.07, 6.45) is 4.93. The summed E-state index contributed by atoms with van der Waals surface area (Å²) < 4.78 is 0. The average molecular weight is 267 g/mol.